The van der Waals surface area contributed by atoms with Crippen molar-refractivity contribution in [1.82, 2.24) is 30.1 Å². The van der Waals surface area contributed by atoms with Gasteiger partial charge in [-0.2, -0.15) is 5.10 Å². The molecule has 3 heterocycles. The standard InChI is InChI=1S/C10H10N6O2S/c1-16-4-6(3-11-16)8-2-7(18-15-8)5-19-10-12-9(17)13-14-10/h2-4H,5H2,1H3,(H2,12,13,14,17). The lowest BCUT2D eigenvalue weighted by molar-refractivity contribution is 0.397. The Morgan fingerprint density at radius 1 is 1.53 bits per heavy atom. The van der Waals surface area contributed by atoms with Crippen molar-refractivity contribution in [1.29, 1.82) is 0 Å². The van der Waals surface area contributed by atoms with Crippen molar-refractivity contribution in [2.24, 2.45) is 7.05 Å². The highest BCUT2D eigenvalue weighted by Crippen LogP contribution is 2.22. The fourth-order valence-electron chi connectivity index (χ4n) is 1.53. The molecule has 0 saturated carbocycles. The minimum Gasteiger partial charge on any atom is -0.360 e. The van der Waals surface area contributed by atoms with Crippen LogP contribution in [0.3, 0.4) is 0 Å². The van der Waals surface area contributed by atoms with Crippen LogP contribution in [-0.4, -0.2) is 30.1 Å². The van der Waals surface area contributed by atoms with E-state index in [4.69, 9.17) is 4.52 Å². The first-order valence-electron chi connectivity index (χ1n) is 5.43. The van der Waals surface area contributed by atoms with E-state index in [9.17, 15) is 4.79 Å². The number of hydrogen-bond donors (Lipinski definition) is 2. The lowest BCUT2D eigenvalue weighted by atomic mass is 10.2. The van der Waals surface area contributed by atoms with Crippen LogP contribution < -0.4 is 5.69 Å². The molecule has 0 bridgehead atoms. The van der Waals surface area contributed by atoms with Gasteiger partial charge >= 0.3 is 5.69 Å². The van der Waals surface area contributed by atoms with Crippen molar-refractivity contribution in [3.8, 4) is 11.3 Å². The maximum absolute atomic E-state index is 10.9. The van der Waals surface area contributed by atoms with Crippen LogP contribution in [0.1, 0.15) is 5.76 Å². The lowest BCUT2D eigenvalue weighted by Crippen LogP contribution is -2.00. The van der Waals surface area contributed by atoms with E-state index in [0.717, 1.165) is 11.3 Å². The van der Waals surface area contributed by atoms with Gasteiger partial charge in [-0.3, -0.25) is 9.67 Å². The summed E-state index contributed by atoms with van der Waals surface area (Å²) in [6.07, 6.45) is 3.58. The second-order valence-electron chi connectivity index (χ2n) is 3.85. The maximum Gasteiger partial charge on any atom is 0.341 e. The van der Waals surface area contributed by atoms with Gasteiger partial charge in [-0.05, 0) is 0 Å². The molecular weight excluding hydrogens is 268 g/mol. The monoisotopic (exact) mass is 278 g/mol. The predicted molar refractivity (Wildman–Crippen MR) is 67.5 cm³/mol. The fraction of sp³-hybridized carbons (Fsp3) is 0.200. The third-order valence-electron chi connectivity index (χ3n) is 2.39. The summed E-state index contributed by atoms with van der Waals surface area (Å²) < 4.78 is 6.92. The summed E-state index contributed by atoms with van der Waals surface area (Å²) in [6, 6.07) is 1.84. The van der Waals surface area contributed by atoms with E-state index in [1.165, 1.54) is 11.8 Å². The Kier molecular flexibility index (Phi) is 2.95. The highest BCUT2D eigenvalue weighted by molar-refractivity contribution is 7.98. The molecule has 0 aliphatic carbocycles. The van der Waals surface area contributed by atoms with Gasteiger partial charge in [-0.1, -0.05) is 16.9 Å². The zero-order chi connectivity index (χ0) is 13.2. The molecule has 0 amide bonds. The first kappa shape index (κ1) is 11.8. The number of aromatic amines is 2. The largest absolute Gasteiger partial charge is 0.360 e. The van der Waals surface area contributed by atoms with Gasteiger partial charge < -0.3 is 4.52 Å². The van der Waals surface area contributed by atoms with Gasteiger partial charge in [0.05, 0.1) is 11.9 Å². The van der Waals surface area contributed by atoms with Crippen LogP contribution in [0.25, 0.3) is 11.3 Å². The molecule has 3 rings (SSSR count). The van der Waals surface area contributed by atoms with Crippen molar-refractivity contribution < 1.29 is 4.52 Å². The predicted octanol–water partition coefficient (Wildman–Crippen LogP) is 0.779. The van der Waals surface area contributed by atoms with Gasteiger partial charge in [0.15, 0.2) is 5.16 Å². The molecule has 0 atom stereocenters. The van der Waals surface area contributed by atoms with Crippen molar-refractivity contribution in [3.05, 3.63) is 34.7 Å². The summed E-state index contributed by atoms with van der Waals surface area (Å²) in [5.74, 6) is 1.24. The summed E-state index contributed by atoms with van der Waals surface area (Å²) in [6.45, 7) is 0. The number of aromatic nitrogens is 6. The molecule has 19 heavy (non-hydrogen) atoms. The number of rotatable bonds is 4. The zero-order valence-corrected chi connectivity index (χ0v) is 10.8. The molecule has 0 fully saturated rings. The average Bonchev–Trinajstić information content (AvgIpc) is 3.07. The Labute approximate surface area is 111 Å². The summed E-state index contributed by atoms with van der Waals surface area (Å²) in [5, 5.41) is 14.7. The highest BCUT2D eigenvalue weighted by atomic mass is 32.2. The molecule has 9 heteroatoms. The Morgan fingerprint density at radius 3 is 3.11 bits per heavy atom. The topological polar surface area (TPSA) is 105 Å². The van der Waals surface area contributed by atoms with Crippen LogP contribution in [0.15, 0.2) is 32.9 Å². The highest BCUT2D eigenvalue weighted by Gasteiger charge is 2.09. The fourth-order valence-corrected chi connectivity index (χ4v) is 2.22. The van der Waals surface area contributed by atoms with E-state index in [-0.39, 0.29) is 5.69 Å². The molecule has 3 aromatic heterocycles. The van der Waals surface area contributed by atoms with E-state index in [1.807, 2.05) is 19.3 Å². The number of hydrogen-bond acceptors (Lipinski definition) is 6. The summed E-state index contributed by atoms with van der Waals surface area (Å²) in [7, 11) is 1.84. The molecule has 3 aromatic rings. The molecule has 2 N–H and O–H groups in total. The molecule has 0 saturated heterocycles. The first-order valence-corrected chi connectivity index (χ1v) is 6.41. The second kappa shape index (κ2) is 4.76. The Morgan fingerprint density at radius 2 is 2.42 bits per heavy atom. The zero-order valence-electron chi connectivity index (χ0n) is 9.95. The van der Waals surface area contributed by atoms with Crippen LogP contribution in [0.4, 0.5) is 0 Å². The van der Waals surface area contributed by atoms with Gasteiger partial charge in [0.1, 0.15) is 11.5 Å². The van der Waals surface area contributed by atoms with E-state index >= 15 is 0 Å². The normalized spacial score (nSPS) is 11.0. The molecule has 0 aliphatic heterocycles. The average molecular weight is 278 g/mol. The Balaban J connectivity index is 1.70. The van der Waals surface area contributed by atoms with Crippen LogP contribution in [0.2, 0.25) is 0 Å². The van der Waals surface area contributed by atoms with Crippen molar-refractivity contribution in [2.45, 2.75) is 10.9 Å². The molecule has 0 radical (unpaired) electrons. The van der Waals surface area contributed by atoms with E-state index in [0.29, 0.717) is 16.7 Å². The van der Waals surface area contributed by atoms with Gasteiger partial charge in [0.25, 0.3) is 0 Å². The van der Waals surface area contributed by atoms with Crippen LogP contribution >= 0.6 is 11.8 Å². The molecule has 0 unspecified atom stereocenters. The van der Waals surface area contributed by atoms with Crippen LogP contribution in [-0.2, 0) is 12.8 Å². The van der Waals surface area contributed by atoms with E-state index in [2.05, 4.69) is 25.4 Å². The van der Waals surface area contributed by atoms with Crippen LogP contribution in [0, 0.1) is 0 Å². The SMILES string of the molecule is Cn1cc(-c2cc(CSc3n[nH]c(=O)[nH]3)on2)cn1. The first-order chi connectivity index (χ1) is 9.20. The van der Waals surface area contributed by atoms with Crippen molar-refractivity contribution >= 4 is 11.8 Å². The minimum atomic E-state index is -0.323. The third-order valence-corrected chi connectivity index (χ3v) is 3.29. The molecular formula is C10H10N6O2S. The number of nitrogens with one attached hydrogen (secondary N) is 2. The summed E-state index contributed by atoms with van der Waals surface area (Å²) >= 11 is 1.36. The number of nitrogens with zero attached hydrogens (tertiary/aromatic N) is 4. The minimum absolute atomic E-state index is 0.323. The number of aryl methyl sites for hydroxylation is 1. The van der Waals surface area contributed by atoms with Crippen LogP contribution in [0.5, 0.6) is 0 Å². The van der Waals surface area contributed by atoms with E-state index in [1.54, 1.807) is 10.9 Å². The summed E-state index contributed by atoms with van der Waals surface area (Å²) in [4.78, 5) is 13.4. The molecule has 0 aliphatic rings. The quantitative estimate of drug-likeness (QED) is 0.683. The number of thioether (sulfide) groups is 1. The Hall–Kier alpha value is -2.29. The Bertz CT molecular complexity index is 739. The third kappa shape index (κ3) is 2.60. The second-order valence-corrected chi connectivity index (χ2v) is 4.82. The molecule has 8 nitrogen and oxygen atoms in total. The van der Waals surface area contributed by atoms with Gasteiger partial charge in [-0.25, -0.2) is 9.89 Å². The van der Waals surface area contributed by atoms with Gasteiger partial charge in [0.2, 0.25) is 0 Å². The maximum atomic E-state index is 10.9. The summed E-state index contributed by atoms with van der Waals surface area (Å²) in [5.41, 5.74) is 1.31. The van der Waals surface area contributed by atoms with E-state index < -0.39 is 0 Å². The molecule has 98 valence electrons. The smallest absolute Gasteiger partial charge is 0.341 e. The van der Waals surface area contributed by atoms with Gasteiger partial charge in [0, 0.05) is 24.9 Å². The van der Waals surface area contributed by atoms with Crippen molar-refractivity contribution in [3.63, 3.8) is 0 Å². The lowest BCUT2D eigenvalue weighted by Gasteiger charge is -1.90. The molecule has 0 spiro atoms. The molecule has 0 aromatic carbocycles. The van der Waals surface area contributed by atoms with Crippen molar-refractivity contribution in [2.75, 3.05) is 0 Å². The van der Waals surface area contributed by atoms with Gasteiger partial charge in [-0.15, -0.1) is 5.10 Å². The number of H-pyrrole nitrogens is 2.